The molecule has 2 aromatic heterocycles. The maximum Gasteiger partial charge on any atom is 0.459 e. The second kappa shape index (κ2) is 12.3. The van der Waals surface area contributed by atoms with Crippen LogP contribution in [0.25, 0.3) is 11.2 Å². The number of anilines is 2. The van der Waals surface area contributed by atoms with Crippen LogP contribution in [0.3, 0.4) is 0 Å². The Morgan fingerprint density at radius 3 is 2.68 bits per heavy atom. The summed E-state index contributed by atoms with van der Waals surface area (Å²) in [6, 6.07) is 7.21. The number of alkyl halides is 1. The number of nitrogen functional groups attached to an aromatic ring is 1. The Hall–Kier alpha value is -3.26. The largest absolute Gasteiger partial charge is 0.462 e. The van der Waals surface area contributed by atoms with Crippen LogP contribution in [0.4, 0.5) is 11.8 Å². The lowest BCUT2D eigenvalue weighted by atomic mass is 9.99. The van der Waals surface area contributed by atoms with Gasteiger partial charge in [0, 0.05) is 7.05 Å². The predicted molar refractivity (Wildman–Crippen MR) is 152 cm³/mol. The van der Waals surface area contributed by atoms with Crippen LogP contribution in [-0.2, 0) is 23.4 Å². The van der Waals surface area contributed by atoms with Crippen LogP contribution in [0.5, 0.6) is 5.75 Å². The standard InChI is InChI=1S/C25H33ClN7O7P/c1-6-25(26)19(34)17(39-23(25)33-13-29-18-20(28-5)30-24(27)31-21(18)33)12-37-41(36,40-16-10-8-7-9-11-16)32-15(4)22(35)38-14(2)3/h6-11,13-15,17,19,23,34H,1,12H2,2-5H3,(H,32,36)(H3,27,28,30,31)/t15-,17-,19-,23-,25-,41-/m1/s1. The first-order chi connectivity index (χ1) is 19.4. The van der Waals surface area contributed by atoms with E-state index in [1.807, 2.05) is 0 Å². The molecule has 1 aromatic carbocycles. The summed E-state index contributed by atoms with van der Waals surface area (Å²) in [5.41, 5.74) is 6.57. The van der Waals surface area contributed by atoms with Gasteiger partial charge in [0.05, 0.1) is 19.0 Å². The van der Waals surface area contributed by atoms with E-state index in [-0.39, 0.29) is 17.8 Å². The van der Waals surface area contributed by atoms with E-state index >= 15 is 0 Å². The van der Waals surface area contributed by atoms with Gasteiger partial charge in [0.25, 0.3) is 0 Å². The summed E-state index contributed by atoms with van der Waals surface area (Å²) in [4.78, 5) is 23.6. The molecule has 0 amide bonds. The maximum absolute atomic E-state index is 13.9. The van der Waals surface area contributed by atoms with Crippen molar-refractivity contribution in [3.05, 3.63) is 49.3 Å². The fraction of sp³-hybridized carbons (Fsp3) is 0.440. The zero-order chi connectivity index (χ0) is 29.9. The molecule has 0 saturated carbocycles. The van der Waals surface area contributed by atoms with E-state index < -0.39 is 49.7 Å². The number of hydrogen-bond acceptors (Lipinski definition) is 12. The van der Waals surface area contributed by atoms with Gasteiger partial charge in [-0.1, -0.05) is 24.3 Å². The molecule has 6 atom stereocenters. The Morgan fingerprint density at radius 2 is 2.05 bits per heavy atom. The number of nitrogens with two attached hydrogens (primary N) is 1. The minimum atomic E-state index is -4.24. The van der Waals surface area contributed by atoms with Crippen molar-refractivity contribution in [2.75, 3.05) is 24.7 Å². The number of nitrogens with zero attached hydrogens (tertiary/aromatic N) is 4. The third-order valence-electron chi connectivity index (χ3n) is 6.16. The highest BCUT2D eigenvalue weighted by molar-refractivity contribution is 7.52. The highest BCUT2D eigenvalue weighted by atomic mass is 35.5. The van der Waals surface area contributed by atoms with Gasteiger partial charge in [-0.2, -0.15) is 15.1 Å². The van der Waals surface area contributed by atoms with Gasteiger partial charge in [-0.25, -0.2) is 9.55 Å². The zero-order valence-corrected chi connectivity index (χ0v) is 24.6. The van der Waals surface area contributed by atoms with Crippen LogP contribution in [0, 0.1) is 0 Å². The number of halogens is 1. The molecule has 1 saturated heterocycles. The summed E-state index contributed by atoms with van der Waals surface area (Å²) in [6.07, 6.45) is -1.21. The molecule has 4 rings (SSSR count). The Morgan fingerprint density at radius 1 is 1.34 bits per heavy atom. The lowest BCUT2D eigenvalue weighted by Crippen LogP contribution is -2.41. The number of aliphatic hydroxyl groups excluding tert-OH is 1. The first-order valence-electron chi connectivity index (χ1n) is 12.7. The number of hydrogen-bond donors (Lipinski definition) is 4. The third-order valence-corrected chi connectivity index (χ3v) is 8.37. The number of imidazole rings is 1. The van der Waals surface area contributed by atoms with E-state index in [1.54, 1.807) is 51.2 Å². The molecule has 1 aliphatic rings. The second-order valence-electron chi connectivity index (χ2n) is 9.54. The van der Waals surface area contributed by atoms with Gasteiger partial charge in [0.15, 0.2) is 23.2 Å². The second-order valence-corrected chi connectivity index (χ2v) is 11.9. The molecule has 14 nitrogen and oxygen atoms in total. The number of ether oxygens (including phenoxy) is 2. The van der Waals surface area contributed by atoms with Gasteiger partial charge >= 0.3 is 13.7 Å². The summed E-state index contributed by atoms with van der Waals surface area (Å²) in [7, 11) is -2.58. The minimum absolute atomic E-state index is 0.0176. The molecule has 0 bridgehead atoms. The minimum Gasteiger partial charge on any atom is -0.462 e. The Labute approximate surface area is 241 Å². The van der Waals surface area contributed by atoms with E-state index in [9.17, 15) is 14.5 Å². The molecule has 222 valence electrons. The number of aromatic nitrogens is 4. The van der Waals surface area contributed by atoms with Crippen molar-refractivity contribution in [1.82, 2.24) is 24.6 Å². The number of carbonyl (C=O) groups is 1. The lowest BCUT2D eigenvalue weighted by molar-refractivity contribution is -0.149. The fourth-order valence-corrected chi connectivity index (χ4v) is 5.99. The van der Waals surface area contributed by atoms with Crippen molar-refractivity contribution in [3.63, 3.8) is 0 Å². The van der Waals surface area contributed by atoms with Crippen LogP contribution in [0.2, 0.25) is 0 Å². The molecule has 16 heteroatoms. The first kappa shape index (κ1) is 30.7. The Bertz CT molecular complexity index is 1440. The van der Waals surface area contributed by atoms with Crippen molar-refractivity contribution < 1.29 is 33.0 Å². The van der Waals surface area contributed by atoms with E-state index in [0.717, 1.165) is 0 Å². The number of esters is 1. The van der Waals surface area contributed by atoms with Crippen LogP contribution in [-0.4, -0.2) is 73.5 Å². The molecule has 3 heterocycles. The van der Waals surface area contributed by atoms with Gasteiger partial charge in [-0.05, 0) is 32.9 Å². The van der Waals surface area contributed by atoms with Crippen molar-refractivity contribution in [3.8, 4) is 5.75 Å². The van der Waals surface area contributed by atoms with Crippen molar-refractivity contribution in [2.24, 2.45) is 0 Å². The molecule has 0 radical (unpaired) electrons. The monoisotopic (exact) mass is 609 g/mol. The number of carbonyl (C=O) groups excluding carboxylic acids is 1. The SMILES string of the molecule is C=C[C@@]1(Cl)[C@H](O)[C@@H](CO[P@](=O)(N[C@H](C)C(=O)OC(C)C)Oc2ccccc2)O[C@H]1n1cnc2c(NC)nc(N)nc21. The van der Waals surface area contributed by atoms with Crippen molar-refractivity contribution in [1.29, 1.82) is 0 Å². The van der Waals surface area contributed by atoms with Gasteiger partial charge in [0.2, 0.25) is 5.95 Å². The fourth-order valence-electron chi connectivity index (χ4n) is 4.19. The first-order valence-corrected chi connectivity index (χ1v) is 14.6. The molecule has 3 aromatic rings. The number of rotatable bonds is 12. The van der Waals surface area contributed by atoms with Gasteiger partial charge in [-0.3, -0.25) is 13.9 Å². The highest BCUT2D eigenvalue weighted by Gasteiger charge is 2.55. The lowest BCUT2D eigenvalue weighted by Gasteiger charge is -2.27. The van der Waals surface area contributed by atoms with Gasteiger partial charge in [0.1, 0.15) is 28.9 Å². The summed E-state index contributed by atoms with van der Waals surface area (Å²) >= 11 is 6.86. The topological polar surface area (TPSA) is 185 Å². The number of fused-ring (bicyclic) bond motifs is 1. The van der Waals surface area contributed by atoms with Gasteiger partial charge in [-0.15, -0.1) is 18.2 Å². The van der Waals surface area contributed by atoms with Crippen LogP contribution >= 0.6 is 19.3 Å². The van der Waals surface area contributed by atoms with Crippen LogP contribution in [0.1, 0.15) is 27.0 Å². The smallest absolute Gasteiger partial charge is 0.459 e. The molecule has 5 N–H and O–H groups in total. The number of aliphatic hydroxyl groups is 1. The number of benzene rings is 1. The average Bonchev–Trinajstić information content (AvgIpc) is 3.45. The van der Waals surface area contributed by atoms with Crippen molar-refractivity contribution >= 4 is 48.2 Å². The van der Waals surface area contributed by atoms with E-state index in [0.29, 0.717) is 17.0 Å². The van der Waals surface area contributed by atoms with Crippen molar-refractivity contribution in [2.45, 2.75) is 56.2 Å². The van der Waals surface area contributed by atoms with E-state index in [2.05, 4.69) is 31.9 Å². The summed E-state index contributed by atoms with van der Waals surface area (Å²) in [6.45, 7) is 8.18. The predicted octanol–water partition coefficient (Wildman–Crippen LogP) is 3.01. The Balaban J connectivity index is 1.59. The zero-order valence-electron chi connectivity index (χ0n) is 22.9. The molecule has 1 fully saturated rings. The van der Waals surface area contributed by atoms with Crippen LogP contribution < -0.4 is 20.7 Å². The molecule has 0 unspecified atom stereocenters. The molecule has 41 heavy (non-hydrogen) atoms. The molecule has 0 spiro atoms. The summed E-state index contributed by atoms with van der Waals surface area (Å²) < 4.78 is 38.1. The van der Waals surface area contributed by atoms with Crippen LogP contribution in [0.15, 0.2) is 49.3 Å². The molecular weight excluding hydrogens is 577 g/mol. The quantitative estimate of drug-likeness (QED) is 0.102. The Kier molecular flexibility index (Phi) is 9.22. The molecular formula is C25H33ClN7O7P. The number of para-hydroxylation sites is 1. The normalized spacial score (nSPS) is 24.6. The maximum atomic E-state index is 13.9. The van der Waals surface area contributed by atoms with E-state index in [1.165, 1.54) is 23.9 Å². The molecule has 1 aliphatic heterocycles. The van der Waals surface area contributed by atoms with Gasteiger partial charge < -0.3 is 30.2 Å². The van der Waals surface area contributed by atoms with E-state index in [4.69, 9.17) is 35.9 Å². The summed E-state index contributed by atoms with van der Waals surface area (Å²) in [5.74, 6) is -0.0632. The summed E-state index contributed by atoms with van der Waals surface area (Å²) in [5, 5.41) is 16.7. The highest BCUT2D eigenvalue weighted by Crippen LogP contribution is 2.49. The number of nitrogens with one attached hydrogen (secondary N) is 2. The average molecular weight is 610 g/mol. The third kappa shape index (κ3) is 6.48. The molecule has 0 aliphatic carbocycles.